The van der Waals surface area contributed by atoms with Crippen LogP contribution in [-0.4, -0.2) is 35.2 Å². The summed E-state index contributed by atoms with van der Waals surface area (Å²) in [6.45, 7) is 5.93. The number of aryl methyl sites for hydroxylation is 3. The molecule has 0 fully saturated rings. The zero-order valence-electron chi connectivity index (χ0n) is 18.3. The van der Waals surface area contributed by atoms with E-state index in [1.165, 1.54) is 22.9 Å². The quantitative estimate of drug-likeness (QED) is 0.541. The third-order valence-electron chi connectivity index (χ3n) is 4.83. The molecule has 2 aromatic heterocycles. The number of H-pyrrole nitrogens is 2. The van der Waals surface area contributed by atoms with Crippen LogP contribution in [0.4, 0.5) is 10.2 Å². The summed E-state index contributed by atoms with van der Waals surface area (Å²) in [6, 6.07) is 6.80. The Hall–Kier alpha value is -3.89. The van der Waals surface area contributed by atoms with Crippen molar-refractivity contribution in [1.29, 1.82) is 0 Å². The minimum atomic E-state index is -0.935. The van der Waals surface area contributed by atoms with Crippen molar-refractivity contribution in [3.63, 3.8) is 0 Å². The summed E-state index contributed by atoms with van der Waals surface area (Å²) >= 11 is 0. The summed E-state index contributed by atoms with van der Waals surface area (Å²) in [7, 11) is 1.67. The molecule has 170 valence electrons. The fourth-order valence-electron chi connectivity index (χ4n) is 3.08. The summed E-state index contributed by atoms with van der Waals surface area (Å²) in [4.78, 5) is 39.2. The van der Waals surface area contributed by atoms with Crippen molar-refractivity contribution in [3.05, 3.63) is 74.4 Å². The molecule has 0 bridgehead atoms. The topological polar surface area (TPSA) is 122 Å². The highest BCUT2D eigenvalue weighted by molar-refractivity contribution is 6.02. The maximum absolute atomic E-state index is 13.8. The molecule has 0 saturated carbocycles. The van der Waals surface area contributed by atoms with Crippen LogP contribution >= 0.6 is 0 Å². The molecule has 0 aliphatic rings. The molecule has 0 saturated heterocycles. The Kier molecular flexibility index (Phi) is 6.76. The number of hydrogen-bond acceptors (Lipinski definition) is 4. The van der Waals surface area contributed by atoms with Crippen molar-refractivity contribution in [1.82, 2.24) is 29.3 Å². The van der Waals surface area contributed by atoms with Crippen LogP contribution in [0.5, 0.6) is 0 Å². The standard InChI is InChI=1S/C21H26FN7O3/c1-13(2)9-11-28-21(32)29(16-7-5-6-15(22)12-16)20(31)17(25-28)19(30)24-18-14(3)8-10-23-26-27(18)4/h5-8,10,12-13,23,26H,9,11H2,1-4H3,(H,24,30). The first kappa shape index (κ1) is 22.8. The van der Waals surface area contributed by atoms with Gasteiger partial charge in [-0.25, -0.2) is 23.6 Å². The Morgan fingerprint density at radius 2 is 2.00 bits per heavy atom. The van der Waals surface area contributed by atoms with Gasteiger partial charge in [0.15, 0.2) is 0 Å². The van der Waals surface area contributed by atoms with Gasteiger partial charge in [0.25, 0.3) is 11.5 Å². The van der Waals surface area contributed by atoms with Crippen LogP contribution in [0.25, 0.3) is 5.69 Å². The van der Waals surface area contributed by atoms with Crippen LogP contribution < -0.4 is 16.6 Å². The van der Waals surface area contributed by atoms with Crippen LogP contribution in [0.1, 0.15) is 36.3 Å². The van der Waals surface area contributed by atoms with E-state index in [2.05, 4.69) is 20.7 Å². The van der Waals surface area contributed by atoms with E-state index in [4.69, 9.17) is 0 Å². The molecule has 32 heavy (non-hydrogen) atoms. The Morgan fingerprint density at radius 1 is 1.25 bits per heavy atom. The van der Waals surface area contributed by atoms with Gasteiger partial charge in [-0.1, -0.05) is 19.9 Å². The molecular weight excluding hydrogens is 417 g/mol. The van der Waals surface area contributed by atoms with Crippen LogP contribution in [0.15, 0.2) is 46.1 Å². The number of carbonyl (C=O) groups is 1. The van der Waals surface area contributed by atoms with Gasteiger partial charge in [-0.2, -0.15) is 5.10 Å². The van der Waals surface area contributed by atoms with Gasteiger partial charge in [-0.15, -0.1) is 0 Å². The number of carbonyl (C=O) groups excluding carboxylic acids is 1. The van der Waals surface area contributed by atoms with Gasteiger partial charge in [0.05, 0.1) is 5.69 Å². The average molecular weight is 443 g/mol. The second-order valence-corrected chi connectivity index (χ2v) is 7.79. The molecule has 3 aromatic rings. The average Bonchev–Trinajstić information content (AvgIpc) is 2.88. The monoisotopic (exact) mass is 443 g/mol. The molecule has 11 heteroatoms. The molecule has 10 nitrogen and oxygen atoms in total. The van der Waals surface area contributed by atoms with Gasteiger partial charge in [0.1, 0.15) is 11.6 Å². The molecular formula is C21H26FN7O3. The summed E-state index contributed by atoms with van der Waals surface area (Å²) in [5.41, 5.74) is -1.43. The Balaban J connectivity index is 2.17. The molecule has 2 heterocycles. The number of nitrogens with zero attached hydrogens (tertiary/aromatic N) is 4. The van der Waals surface area contributed by atoms with Crippen LogP contribution in [-0.2, 0) is 13.6 Å². The highest BCUT2D eigenvalue weighted by atomic mass is 19.1. The zero-order chi connectivity index (χ0) is 23.4. The fraction of sp³-hybridized carbons (Fsp3) is 0.333. The predicted molar refractivity (Wildman–Crippen MR) is 118 cm³/mol. The Morgan fingerprint density at radius 3 is 2.69 bits per heavy atom. The van der Waals surface area contributed by atoms with Crippen molar-refractivity contribution in [3.8, 4) is 5.69 Å². The molecule has 0 spiro atoms. The maximum atomic E-state index is 13.8. The van der Waals surface area contributed by atoms with E-state index in [0.717, 1.165) is 15.3 Å². The van der Waals surface area contributed by atoms with Gasteiger partial charge >= 0.3 is 5.69 Å². The lowest BCUT2D eigenvalue weighted by Gasteiger charge is -2.14. The molecule has 3 rings (SSSR count). The second-order valence-electron chi connectivity index (χ2n) is 7.79. The number of aromatic amines is 2. The highest BCUT2D eigenvalue weighted by Gasteiger charge is 2.22. The first-order valence-corrected chi connectivity index (χ1v) is 10.1. The number of anilines is 1. The van der Waals surface area contributed by atoms with Gasteiger partial charge in [-0.3, -0.25) is 19.4 Å². The SMILES string of the molecule is Cc1cc[nH][nH]n(C)c1NC(=O)c1nn(CCC(C)C)c(=O)n(-c2cccc(F)c2)c1=O. The normalized spacial score (nSPS) is 10.9. The second kappa shape index (κ2) is 9.50. The molecule has 1 amide bonds. The van der Waals surface area contributed by atoms with E-state index < -0.39 is 28.7 Å². The Labute approximate surface area is 183 Å². The van der Waals surface area contributed by atoms with E-state index in [-0.39, 0.29) is 18.2 Å². The Bertz CT molecular complexity index is 1270. The highest BCUT2D eigenvalue weighted by Crippen LogP contribution is 2.11. The van der Waals surface area contributed by atoms with Gasteiger partial charge in [0.2, 0.25) is 5.69 Å². The first-order valence-electron chi connectivity index (χ1n) is 10.1. The third-order valence-corrected chi connectivity index (χ3v) is 4.83. The van der Waals surface area contributed by atoms with E-state index in [9.17, 15) is 18.8 Å². The van der Waals surface area contributed by atoms with Gasteiger partial charge in [-0.05, 0) is 49.1 Å². The van der Waals surface area contributed by atoms with Crippen molar-refractivity contribution >= 4 is 11.7 Å². The van der Waals surface area contributed by atoms with Crippen molar-refractivity contribution < 1.29 is 9.18 Å². The zero-order valence-corrected chi connectivity index (χ0v) is 18.3. The van der Waals surface area contributed by atoms with Gasteiger partial charge < -0.3 is 5.32 Å². The van der Waals surface area contributed by atoms with Crippen molar-refractivity contribution in [2.45, 2.75) is 33.7 Å². The molecule has 0 radical (unpaired) electrons. The summed E-state index contributed by atoms with van der Waals surface area (Å²) in [6.07, 6.45) is 2.25. The lowest BCUT2D eigenvalue weighted by Crippen LogP contribution is -2.44. The molecule has 0 aliphatic carbocycles. The van der Waals surface area contributed by atoms with E-state index in [1.54, 1.807) is 26.2 Å². The number of aromatic nitrogens is 6. The van der Waals surface area contributed by atoms with Gasteiger partial charge in [0, 0.05) is 19.8 Å². The molecule has 0 aliphatic heterocycles. The third kappa shape index (κ3) is 4.88. The summed E-state index contributed by atoms with van der Waals surface area (Å²) in [5, 5.41) is 12.3. The number of hydrogen-bond donors (Lipinski definition) is 3. The minimum Gasteiger partial charge on any atom is -0.305 e. The van der Waals surface area contributed by atoms with Crippen molar-refractivity contribution in [2.75, 3.05) is 5.32 Å². The van der Waals surface area contributed by atoms with Crippen LogP contribution in [0, 0.1) is 18.7 Å². The smallest absolute Gasteiger partial charge is 0.305 e. The lowest BCUT2D eigenvalue weighted by atomic mass is 10.1. The number of benzene rings is 1. The largest absolute Gasteiger partial charge is 0.352 e. The van der Waals surface area contributed by atoms with E-state index >= 15 is 0 Å². The maximum Gasteiger partial charge on any atom is 0.352 e. The van der Waals surface area contributed by atoms with Crippen LogP contribution in [0.2, 0.25) is 0 Å². The van der Waals surface area contributed by atoms with E-state index in [0.29, 0.717) is 17.8 Å². The first-order chi connectivity index (χ1) is 15.2. The summed E-state index contributed by atoms with van der Waals surface area (Å²) < 4.78 is 17.2. The van der Waals surface area contributed by atoms with Crippen LogP contribution in [0.3, 0.4) is 0 Å². The van der Waals surface area contributed by atoms with Crippen molar-refractivity contribution in [2.24, 2.45) is 13.0 Å². The van der Waals surface area contributed by atoms with E-state index in [1.807, 2.05) is 13.8 Å². The molecule has 1 aromatic carbocycles. The molecule has 0 atom stereocenters. The number of nitrogens with one attached hydrogen (secondary N) is 3. The molecule has 0 unspecified atom stereocenters. The lowest BCUT2D eigenvalue weighted by molar-refractivity contribution is 0.101. The minimum absolute atomic E-state index is 0.0190. The number of amides is 1. The summed E-state index contributed by atoms with van der Waals surface area (Å²) in [5.74, 6) is -0.767. The number of rotatable bonds is 6. The predicted octanol–water partition coefficient (Wildman–Crippen LogP) is 2.26. The fourth-order valence-corrected chi connectivity index (χ4v) is 3.08. The molecule has 3 N–H and O–H groups in total. The number of halogens is 1.